The molecule has 0 radical (unpaired) electrons. The van der Waals surface area contributed by atoms with Crippen LogP contribution in [0.15, 0.2) is 24.3 Å². The molecule has 1 aromatic carbocycles. The normalized spacial score (nSPS) is 11.4. The fraction of sp³-hybridized carbons (Fsp3) is 0.357. The van der Waals surface area contributed by atoms with Gasteiger partial charge in [0, 0.05) is 12.7 Å². The molecule has 0 saturated carbocycles. The largest absolute Gasteiger partial charge is 0.464 e. The van der Waals surface area contributed by atoms with Crippen LogP contribution in [0.4, 0.5) is 5.69 Å². The molecule has 1 atom stereocenters. The van der Waals surface area contributed by atoms with Crippen molar-refractivity contribution in [2.24, 2.45) is 5.73 Å². The van der Waals surface area contributed by atoms with Crippen molar-refractivity contribution in [2.45, 2.75) is 19.4 Å². The molecule has 0 saturated heterocycles. The van der Waals surface area contributed by atoms with Crippen molar-refractivity contribution in [3.63, 3.8) is 0 Å². The highest BCUT2D eigenvalue weighted by molar-refractivity contribution is 6.08. The first-order valence-electron chi connectivity index (χ1n) is 6.50. The van der Waals surface area contributed by atoms with E-state index < -0.39 is 17.9 Å². The Morgan fingerprint density at radius 2 is 1.86 bits per heavy atom. The highest BCUT2D eigenvalue weighted by atomic mass is 16.5. The third kappa shape index (κ3) is 5.23. The van der Waals surface area contributed by atoms with Gasteiger partial charge in [0.25, 0.3) is 5.91 Å². The smallest absolute Gasteiger partial charge is 0.332 e. The van der Waals surface area contributed by atoms with Crippen LogP contribution in [0.1, 0.15) is 12.5 Å². The molecule has 1 unspecified atom stereocenters. The van der Waals surface area contributed by atoms with Crippen molar-refractivity contribution in [1.82, 2.24) is 5.32 Å². The van der Waals surface area contributed by atoms with E-state index in [2.05, 4.69) is 15.4 Å². The van der Waals surface area contributed by atoms with E-state index in [0.717, 1.165) is 5.56 Å². The van der Waals surface area contributed by atoms with Crippen LogP contribution in [-0.4, -0.2) is 37.5 Å². The first kappa shape index (κ1) is 16.6. The number of ether oxygens (including phenoxy) is 1. The molecule has 2 amide bonds. The van der Waals surface area contributed by atoms with Crippen LogP contribution < -0.4 is 16.4 Å². The van der Waals surface area contributed by atoms with E-state index in [1.54, 1.807) is 38.2 Å². The topological polar surface area (TPSA) is 111 Å². The molecule has 0 aliphatic carbocycles. The van der Waals surface area contributed by atoms with E-state index in [1.165, 1.54) is 0 Å². The van der Waals surface area contributed by atoms with E-state index in [4.69, 9.17) is 5.73 Å². The van der Waals surface area contributed by atoms with Crippen LogP contribution in [0.3, 0.4) is 0 Å². The Bertz CT molecular complexity index is 513. The van der Waals surface area contributed by atoms with Gasteiger partial charge in [-0.25, -0.2) is 4.79 Å². The number of likely N-dealkylation sites (N-methyl/N-ethyl adjacent to an activating group) is 1. The molecular weight excluding hydrogens is 274 g/mol. The van der Waals surface area contributed by atoms with Crippen LogP contribution in [-0.2, 0) is 25.5 Å². The zero-order chi connectivity index (χ0) is 15.8. The molecule has 4 N–H and O–H groups in total. The first-order valence-corrected chi connectivity index (χ1v) is 6.50. The molecule has 0 aliphatic heterocycles. The lowest BCUT2D eigenvalue weighted by atomic mass is 10.1. The lowest BCUT2D eigenvalue weighted by Crippen LogP contribution is -2.43. The minimum absolute atomic E-state index is 0.101. The van der Waals surface area contributed by atoms with Crippen LogP contribution in [0.2, 0.25) is 0 Å². The van der Waals surface area contributed by atoms with Gasteiger partial charge in [-0.1, -0.05) is 12.1 Å². The summed E-state index contributed by atoms with van der Waals surface area (Å²) >= 11 is 0. The minimum atomic E-state index is -1.37. The van der Waals surface area contributed by atoms with E-state index >= 15 is 0 Å². The van der Waals surface area contributed by atoms with Crippen LogP contribution in [0.25, 0.3) is 0 Å². The second kappa shape index (κ2) is 8.01. The Morgan fingerprint density at radius 1 is 1.24 bits per heavy atom. The molecule has 1 rings (SSSR count). The van der Waals surface area contributed by atoms with Gasteiger partial charge in [-0.2, -0.15) is 0 Å². The van der Waals surface area contributed by atoms with Gasteiger partial charge in [0.05, 0.1) is 13.0 Å². The second-order valence-corrected chi connectivity index (χ2v) is 4.27. The number of esters is 1. The monoisotopic (exact) mass is 293 g/mol. The summed E-state index contributed by atoms with van der Waals surface area (Å²) in [5, 5.41) is 5.03. The van der Waals surface area contributed by atoms with Gasteiger partial charge >= 0.3 is 5.97 Å². The third-order valence-electron chi connectivity index (χ3n) is 2.69. The second-order valence-electron chi connectivity index (χ2n) is 4.27. The average molecular weight is 293 g/mol. The molecule has 0 aliphatic rings. The van der Waals surface area contributed by atoms with Crippen molar-refractivity contribution in [3.05, 3.63) is 29.8 Å². The Balaban J connectivity index is 2.61. The zero-order valence-corrected chi connectivity index (χ0v) is 12.0. The van der Waals surface area contributed by atoms with E-state index in [9.17, 15) is 14.4 Å². The molecular formula is C14H19N3O4. The number of rotatable bonds is 6. The van der Waals surface area contributed by atoms with Gasteiger partial charge in [-0.05, 0) is 24.6 Å². The molecule has 7 heteroatoms. The van der Waals surface area contributed by atoms with Gasteiger partial charge in [-0.15, -0.1) is 0 Å². The minimum Gasteiger partial charge on any atom is -0.464 e. The Hall–Kier alpha value is -2.41. The molecule has 0 aromatic heterocycles. The van der Waals surface area contributed by atoms with Crippen LogP contribution in [0, 0.1) is 0 Å². The number of nitrogens with one attached hydrogen (secondary N) is 2. The molecule has 7 nitrogen and oxygen atoms in total. The number of hydrogen-bond donors (Lipinski definition) is 3. The summed E-state index contributed by atoms with van der Waals surface area (Å²) in [6.45, 7) is 1.79. The van der Waals surface area contributed by atoms with Crippen LogP contribution in [0.5, 0.6) is 0 Å². The van der Waals surface area contributed by atoms with Crippen molar-refractivity contribution in [1.29, 1.82) is 0 Å². The summed E-state index contributed by atoms with van der Waals surface area (Å²) in [6.07, 6.45) is 0.257. The van der Waals surface area contributed by atoms with Crippen molar-refractivity contribution in [2.75, 3.05) is 19.0 Å². The fourth-order valence-corrected chi connectivity index (χ4v) is 1.54. The number of nitrogens with two attached hydrogens (primary N) is 1. The summed E-state index contributed by atoms with van der Waals surface area (Å²) in [7, 11) is 1.56. The zero-order valence-electron chi connectivity index (χ0n) is 12.0. The maximum atomic E-state index is 11.7. The quantitative estimate of drug-likeness (QED) is 0.497. The summed E-state index contributed by atoms with van der Waals surface area (Å²) in [5.74, 6) is -1.52. The van der Waals surface area contributed by atoms with Crippen LogP contribution >= 0.6 is 0 Å². The lowest BCUT2D eigenvalue weighted by Gasteiger charge is -2.11. The first-order chi connectivity index (χ1) is 9.97. The standard InChI is InChI=1S/C14H19N3O4/c1-3-21-14(20)12(15)13(19)17-10-6-4-9(5-7-10)8-11(18)16-2/h4-7,12H,3,8,15H2,1-2H3,(H,16,18)(H,17,19). The predicted octanol–water partition coefficient (Wildman–Crippen LogP) is -0.196. The molecule has 1 aromatic rings. The summed E-state index contributed by atoms with van der Waals surface area (Å²) < 4.78 is 4.67. The van der Waals surface area contributed by atoms with Gasteiger partial charge in [0.1, 0.15) is 0 Å². The molecule has 0 fully saturated rings. The predicted molar refractivity (Wildman–Crippen MR) is 77.5 cm³/mol. The van der Waals surface area contributed by atoms with Gasteiger partial charge in [-0.3, -0.25) is 9.59 Å². The summed E-state index contributed by atoms with van der Waals surface area (Å²) in [6, 6.07) is 5.32. The van der Waals surface area contributed by atoms with Gasteiger partial charge in [0.2, 0.25) is 5.91 Å². The number of amides is 2. The maximum Gasteiger partial charge on any atom is 0.332 e. The number of benzene rings is 1. The number of hydrogen-bond acceptors (Lipinski definition) is 5. The van der Waals surface area contributed by atoms with E-state index in [0.29, 0.717) is 5.69 Å². The molecule has 21 heavy (non-hydrogen) atoms. The van der Waals surface area contributed by atoms with Crippen molar-refractivity contribution in [3.8, 4) is 0 Å². The Labute approximate surface area is 122 Å². The van der Waals surface area contributed by atoms with E-state index in [1.807, 2.05) is 0 Å². The highest BCUT2D eigenvalue weighted by Gasteiger charge is 2.23. The number of carbonyl (C=O) groups is 3. The highest BCUT2D eigenvalue weighted by Crippen LogP contribution is 2.10. The maximum absolute atomic E-state index is 11.7. The SMILES string of the molecule is CCOC(=O)C(N)C(=O)Nc1ccc(CC(=O)NC)cc1. The molecule has 0 bridgehead atoms. The Kier molecular flexibility index (Phi) is 6.35. The van der Waals surface area contributed by atoms with E-state index in [-0.39, 0.29) is 18.9 Å². The Morgan fingerprint density at radius 3 is 2.38 bits per heavy atom. The number of carbonyl (C=O) groups excluding carboxylic acids is 3. The summed E-state index contributed by atoms with van der Waals surface area (Å²) in [4.78, 5) is 34.3. The third-order valence-corrected chi connectivity index (χ3v) is 2.69. The van der Waals surface area contributed by atoms with Crippen molar-refractivity contribution >= 4 is 23.5 Å². The fourth-order valence-electron chi connectivity index (χ4n) is 1.54. The number of anilines is 1. The average Bonchev–Trinajstić information content (AvgIpc) is 2.48. The van der Waals surface area contributed by atoms with Gasteiger partial charge in [0.15, 0.2) is 6.04 Å². The summed E-state index contributed by atoms with van der Waals surface area (Å²) in [5.41, 5.74) is 6.76. The van der Waals surface area contributed by atoms with Crippen molar-refractivity contribution < 1.29 is 19.1 Å². The molecule has 114 valence electrons. The lowest BCUT2D eigenvalue weighted by molar-refractivity contribution is -0.147. The molecule has 0 heterocycles. The molecule has 0 spiro atoms. The van der Waals surface area contributed by atoms with Gasteiger partial charge < -0.3 is 21.1 Å².